The number of hydrogen-bond donors (Lipinski definition) is 2. The van der Waals surface area contributed by atoms with Gasteiger partial charge in [-0.05, 0) is 38.5 Å². The van der Waals surface area contributed by atoms with Crippen molar-refractivity contribution in [2.24, 2.45) is 0 Å². The molecule has 114 valence electrons. The van der Waals surface area contributed by atoms with E-state index >= 15 is 0 Å². The smallest absolute Gasteiger partial charge is 0.151 e. The van der Waals surface area contributed by atoms with Gasteiger partial charge in [-0.15, -0.1) is 0 Å². The molecule has 0 aliphatic carbocycles. The number of pyridine rings is 1. The average Bonchev–Trinajstić information content (AvgIpc) is 2.75. The minimum Gasteiger partial charge on any atom is -0.395 e. The summed E-state index contributed by atoms with van der Waals surface area (Å²) in [7, 11) is 0. The Morgan fingerprint density at radius 1 is 1.23 bits per heavy atom. The lowest BCUT2D eigenvalue weighted by atomic mass is 10.2. The Morgan fingerprint density at radius 2 is 2.00 bits per heavy atom. The van der Waals surface area contributed by atoms with E-state index in [1.807, 2.05) is 43.5 Å². The maximum atomic E-state index is 9.11. The van der Waals surface area contributed by atoms with Crippen molar-refractivity contribution in [3.63, 3.8) is 0 Å². The van der Waals surface area contributed by atoms with Crippen molar-refractivity contribution in [1.29, 1.82) is 5.41 Å². The first kappa shape index (κ1) is 14.5. The molecule has 6 heteroatoms. The summed E-state index contributed by atoms with van der Waals surface area (Å²) in [6.45, 7) is 6.32. The predicted molar refractivity (Wildman–Crippen MR) is 84.0 cm³/mol. The van der Waals surface area contributed by atoms with E-state index in [0.717, 1.165) is 33.8 Å². The van der Waals surface area contributed by atoms with Gasteiger partial charge in [0, 0.05) is 17.9 Å². The van der Waals surface area contributed by atoms with Gasteiger partial charge in [0.2, 0.25) is 0 Å². The number of aliphatic hydroxyl groups is 1. The molecule has 2 N–H and O–H groups in total. The Morgan fingerprint density at radius 3 is 2.68 bits per heavy atom. The molecule has 0 aromatic carbocycles. The second kappa shape index (κ2) is 5.38. The van der Waals surface area contributed by atoms with Gasteiger partial charge in [0.05, 0.1) is 18.3 Å². The summed E-state index contributed by atoms with van der Waals surface area (Å²) >= 11 is 0. The summed E-state index contributed by atoms with van der Waals surface area (Å²) in [5.74, 6) is 0.808. The highest BCUT2D eigenvalue weighted by molar-refractivity contribution is 5.82. The van der Waals surface area contributed by atoms with E-state index in [0.29, 0.717) is 12.0 Å². The van der Waals surface area contributed by atoms with E-state index in [4.69, 9.17) is 10.5 Å². The Hall–Kier alpha value is -2.47. The minimum atomic E-state index is -0.0120. The van der Waals surface area contributed by atoms with Gasteiger partial charge >= 0.3 is 0 Å². The zero-order valence-electron chi connectivity index (χ0n) is 13.0. The highest BCUT2D eigenvalue weighted by atomic mass is 16.3. The second-order valence-corrected chi connectivity index (χ2v) is 5.39. The van der Waals surface area contributed by atoms with Gasteiger partial charge in [-0.3, -0.25) is 9.98 Å². The number of nitrogens with zero attached hydrogens (tertiary/aromatic N) is 4. The number of aryl methyl sites for hydroxylation is 2. The van der Waals surface area contributed by atoms with Crippen molar-refractivity contribution >= 4 is 11.0 Å². The first-order valence-corrected chi connectivity index (χ1v) is 7.21. The third-order valence-corrected chi connectivity index (χ3v) is 3.98. The summed E-state index contributed by atoms with van der Waals surface area (Å²) in [4.78, 5) is 9.07. The standard InChI is InChI=1S/C16H19N5O/c1-10-5-4-6-13(19-10)21-12(3)11(2)14-15(17)20(7-8-22)9-18-16(14)21/h4-6,9,17,22H,7-8H2,1-3H3. The minimum absolute atomic E-state index is 0.0120. The van der Waals surface area contributed by atoms with E-state index in [-0.39, 0.29) is 6.61 Å². The molecular weight excluding hydrogens is 278 g/mol. The highest BCUT2D eigenvalue weighted by Crippen LogP contribution is 2.23. The molecule has 3 rings (SSSR count). The van der Waals surface area contributed by atoms with E-state index in [1.54, 1.807) is 10.9 Å². The van der Waals surface area contributed by atoms with Crippen LogP contribution in [0.1, 0.15) is 17.0 Å². The van der Waals surface area contributed by atoms with Gasteiger partial charge in [0.15, 0.2) is 5.65 Å². The second-order valence-electron chi connectivity index (χ2n) is 5.39. The van der Waals surface area contributed by atoms with Crippen LogP contribution in [-0.2, 0) is 6.54 Å². The lowest BCUT2D eigenvalue weighted by Gasteiger charge is -2.08. The molecule has 0 fully saturated rings. The fraction of sp³-hybridized carbons (Fsp3) is 0.312. The maximum absolute atomic E-state index is 9.11. The molecule has 3 aromatic heterocycles. The Labute approximate surface area is 128 Å². The molecule has 6 nitrogen and oxygen atoms in total. The number of fused-ring (bicyclic) bond motifs is 1. The van der Waals surface area contributed by atoms with Crippen LogP contribution < -0.4 is 5.49 Å². The molecule has 0 saturated carbocycles. The zero-order valence-corrected chi connectivity index (χ0v) is 13.0. The predicted octanol–water partition coefficient (Wildman–Crippen LogP) is 1.62. The normalized spacial score (nSPS) is 11.3. The van der Waals surface area contributed by atoms with Crippen LogP contribution in [0.5, 0.6) is 0 Å². The van der Waals surface area contributed by atoms with Crippen molar-refractivity contribution in [1.82, 2.24) is 19.1 Å². The van der Waals surface area contributed by atoms with Crippen LogP contribution in [0.4, 0.5) is 0 Å². The molecule has 0 unspecified atom stereocenters. The number of aromatic nitrogens is 4. The number of aliphatic hydroxyl groups excluding tert-OH is 1. The van der Waals surface area contributed by atoms with Crippen LogP contribution in [0.15, 0.2) is 24.5 Å². The van der Waals surface area contributed by atoms with Gasteiger partial charge in [-0.1, -0.05) is 6.07 Å². The Balaban J connectivity index is 2.36. The maximum Gasteiger partial charge on any atom is 0.151 e. The number of nitrogens with one attached hydrogen (secondary N) is 1. The highest BCUT2D eigenvalue weighted by Gasteiger charge is 2.16. The van der Waals surface area contributed by atoms with Crippen molar-refractivity contribution in [3.8, 4) is 5.82 Å². The van der Waals surface area contributed by atoms with Crippen molar-refractivity contribution in [2.75, 3.05) is 6.61 Å². The molecule has 0 atom stereocenters. The van der Waals surface area contributed by atoms with Gasteiger partial charge < -0.3 is 9.67 Å². The summed E-state index contributed by atoms with van der Waals surface area (Å²) < 4.78 is 3.64. The molecule has 22 heavy (non-hydrogen) atoms. The van der Waals surface area contributed by atoms with Crippen LogP contribution in [0.25, 0.3) is 16.9 Å². The molecule has 0 bridgehead atoms. The van der Waals surface area contributed by atoms with Crippen molar-refractivity contribution < 1.29 is 5.11 Å². The number of hydrogen-bond acceptors (Lipinski definition) is 4. The molecule has 0 saturated heterocycles. The summed E-state index contributed by atoms with van der Waals surface area (Å²) in [6.07, 6.45) is 1.60. The third-order valence-electron chi connectivity index (χ3n) is 3.98. The van der Waals surface area contributed by atoms with Crippen molar-refractivity contribution in [3.05, 3.63) is 47.0 Å². The topological polar surface area (TPSA) is 79.7 Å². The average molecular weight is 297 g/mol. The lowest BCUT2D eigenvalue weighted by Crippen LogP contribution is -2.22. The van der Waals surface area contributed by atoms with Crippen molar-refractivity contribution in [2.45, 2.75) is 27.3 Å². The Kier molecular flexibility index (Phi) is 3.54. The quantitative estimate of drug-likeness (QED) is 0.771. The SMILES string of the molecule is Cc1cccc(-n2c(C)c(C)c3c(=N)n(CCO)cnc32)n1. The van der Waals surface area contributed by atoms with Crippen LogP contribution in [-0.4, -0.2) is 30.8 Å². The summed E-state index contributed by atoms with van der Waals surface area (Å²) in [5.41, 5.74) is 4.08. The molecular formula is C16H19N5O. The number of rotatable bonds is 3. The molecule has 3 heterocycles. The van der Waals surface area contributed by atoms with Gasteiger partial charge in [-0.25, -0.2) is 9.97 Å². The molecule has 0 amide bonds. The van der Waals surface area contributed by atoms with Gasteiger partial charge in [-0.2, -0.15) is 0 Å². The zero-order chi connectivity index (χ0) is 15.9. The van der Waals surface area contributed by atoms with Gasteiger partial charge in [0.25, 0.3) is 0 Å². The molecule has 0 spiro atoms. The van der Waals surface area contributed by atoms with Crippen LogP contribution in [0.2, 0.25) is 0 Å². The first-order chi connectivity index (χ1) is 10.5. The van der Waals surface area contributed by atoms with Crippen LogP contribution >= 0.6 is 0 Å². The molecule has 0 radical (unpaired) electrons. The first-order valence-electron chi connectivity index (χ1n) is 7.21. The van der Waals surface area contributed by atoms with E-state index in [2.05, 4.69) is 9.97 Å². The van der Waals surface area contributed by atoms with E-state index in [9.17, 15) is 0 Å². The summed E-state index contributed by atoms with van der Waals surface area (Å²) in [5, 5.41) is 18.3. The molecule has 0 aliphatic rings. The molecule has 0 aliphatic heterocycles. The fourth-order valence-corrected chi connectivity index (χ4v) is 2.73. The van der Waals surface area contributed by atoms with E-state index < -0.39 is 0 Å². The lowest BCUT2D eigenvalue weighted by molar-refractivity contribution is 0.273. The van der Waals surface area contributed by atoms with E-state index in [1.165, 1.54) is 0 Å². The van der Waals surface area contributed by atoms with Gasteiger partial charge in [0.1, 0.15) is 11.3 Å². The molecule has 3 aromatic rings. The largest absolute Gasteiger partial charge is 0.395 e. The Bertz CT molecular complexity index is 907. The third kappa shape index (κ3) is 2.12. The van der Waals surface area contributed by atoms with Crippen LogP contribution in [0, 0.1) is 26.2 Å². The summed E-state index contributed by atoms with van der Waals surface area (Å²) in [6, 6.07) is 5.86. The fourth-order valence-electron chi connectivity index (χ4n) is 2.73. The monoisotopic (exact) mass is 297 g/mol. The van der Waals surface area contributed by atoms with Crippen LogP contribution in [0.3, 0.4) is 0 Å².